The number of aryl methyl sites for hydroxylation is 1. The van der Waals surface area contributed by atoms with E-state index in [0.29, 0.717) is 11.3 Å². The molecular weight excluding hydrogens is 254 g/mol. The molecule has 2 heterocycles. The predicted octanol–water partition coefficient (Wildman–Crippen LogP) is 2.20. The Morgan fingerprint density at radius 2 is 2.30 bits per heavy atom. The molecule has 20 heavy (non-hydrogen) atoms. The van der Waals surface area contributed by atoms with Gasteiger partial charge in [0, 0.05) is 0 Å². The van der Waals surface area contributed by atoms with Crippen LogP contribution in [0.5, 0.6) is 0 Å². The van der Waals surface area contributed by atoms with Gasteiger partial charge in [-0.2, -0.15) is 0 Å². The Labute approximate surface area is 120 Å². The van der Waals surface area contributed by atoms with E-state index in [4.69, 9.17) is 10.3 Å². The van der Waals surface area contributed by atoms with Crippen molar-refractivity contribution in [3.63, 3.8) is 0 Å². The highest BCUT2D eigenvalue weighted by molar-refractivity contribution is 5.94. The molecule has 0 aromatic carbocycles. The smallest absolute Gasteiger partial charge is 0.268 e. The van der Waals surface area contributed by atoms with E-state index < -0.39 is 0 Å². The van der Waals surface area contributed by atoms with E-state index in [2.05, 4.69) is 17.2 Å². The summed E-state index contributed by atoms with van der Waals surface area (Å²) in [6.45, 7) is 7.05. The zero-order chi connectivity index (χ0) is 14.5. The maximum absolute atomic E-state index is 11.6. The normalized spacial score (nSPS) is 20.6. The van der Waals surface area contributed by atoms with Crippen molar-refractivity contribution >= 4 is 5.91 Å². The minimum absolute atomic E-state index is 0.292. The number of rotatable bonds is 4. The molecule has 1 aromatic heterocycles. The van der Waals surface area contributed by atoms with E-state index in [1.54, 1.807) is 13.0 Å². The van der Waals surface area contributed by atoms with Crippen LogP contribution in [-0.2, 0) is 6.54 Å². The van der Waals surface area contributed by atoms with Crippen LogP contribution >= 0.6 is 0 Å². The molecule has 0 spiro atoms. The van der Waals surface area contributed by atoms with Crippen molar-refractivity contribution < 1.29 is 9.21 Å². The first kappa shape index (κ1) is 15.1. The van der Waals surface area contributed by atoms with Crippen LogP contribution in [0.2, 0.25) is 0 Å². The Balaban J connectivity index is 1.98. The van der Waals surface area contributed by atoms with Crippen LogP contribution in [0.1, 0.15) is 54.5 Å². The minimum atomic E-state index is -0.292. The van der Waals surface area contributed by atoms with Crippen LogP contribution in [0.25, 0.3) is 0 Å². The summed E-state index contributed by atoms with van der Waals surface area (Å²) >= 11 is 0. The summed E-state index contributed by atoms with van der Waals surface area (Å²) in [6.07, 6.45) is 5.10. The third-order valence-corrected chi connectivity index (χ3v) is 4.24. The van der Waals surface area contributed by atoms with E-state index in [1.807, 2.05) is 0 Å². The van der Waals surface area contributed by atoms with Crippen LogP contribution in [0, 0.1) is 12.8 Å². The van der Waals surface area contributed by atoms with Crippen molar-refractivity contribution in [2.75, 3.05) is 13.1 Å². The molecule has 0 radical (unpaired) electrons. The van der Waals surface area contributed by atoms with Crippen molar-refractivity contribution in [2.24, 2.45) is 11.8 Å². The van der Waals surface area contributed by atoms with Crippen molar-refractivity contribution in [1.82, 2.24) is 10.3 Å². The van der Waals surface area contributed by atoms with Crippen LogP contribution < -0.4 is 11.3 Å². The van der Waals surface area contributed by atoms with Crippen LogP contribution in [-0.4, -0.2) is 23.9 Å². The molecule has 0 aliphatic carbocycles. The van der Waals surface area contributed by atoms with Gasteiger partial charge < -0.3 is 4.42 Å². The summed E-state index contributed by atoms with van der Waals surface area (Å²) in [5, 5.41) is 0. The highest BCUT2D eigenvalue weighted by Gasteiger charge is 2.19. The standard InChI is InChI=1S/C15H25N3O2/c1-3-12-5-4-7-18(8-6-12)10-13-9-14(11(2)20-13)15(19)17-16/h9,12H,3-8,10,16H2,1-2H3,(H,17,19). The van der Waals surface area contributed by atoms with Gasteiger partial charge in [0.1, 0.15) is 11.5 Å². The summed E-state index contributed by atoms with van der Waals surface area (Å²) in [6, 6.07) is 1.81. The SMILES string of the molecule is CCC1CCCN(Cc2cc(C(=O)NN)c(C)o2)CC1. The van der Waals surface area contributed by atoms with Gasteiger partial charge in [0.25, 0.3) is 5.91 Å². The van der Waals surface area contributed by atoms with Crippen molar-refractivity contribution in [1.29, 1.82) is 0 Å². The Bertz CT molecular complexity index is 456. The van der Waals surface area contributed by atoms with Crippen molar-refractivity contribution in [2.45, 2.75) is 46.1 Å². The highest BCUT2D eigenvalue weighted by Crippen LogP contribution is 2.22. The van der Waals surface area contributed by atoms with Crippen LogP contribution in [0.4, 0.5) is 0 Å². The Morgan fingerprint density at radius 3 is 3.00 bits per heavy atom. The number of hydrazine groups is 1. The van der Waals surface area contributed by atoms with E-state index in [9.17, 15) is 4.79 Å². The molecule has 1 fully saturated rings. The third-order valence-electron chi connectivity index (χ3n) is 4.24. The lowest BCUT2D eigenvalue weighted by atomic mass is 9.98. The maximum Gasteiger partial charge on any atom is 0.268 e. The Morgan fingerprint density at radius 1 is 1.50 bits per heavy atom. The zero-order valence-corrected chi connectivity index (χ0v) is 12.4. The number of furan rings is 1. The van der Waals surface area contributed by atoms with Gasteiger partial charge in [0.2, 0.25) is 0 Å². The second kappa shape index (κ2) is 6.90. The molecule has 2 rings (SSSR count). The first-order valence-corrected chi connectivity index (χ1v) is 7.46. The fourth-order valence-corrected chi connectivity index (χ4v) is 2.94. The zero-order valence-electron chi connectivity index (χ0n) is 12.4. The number of amides is 1. The third kappa shape index (κ3) is 3.61. The summed E-state index contributed by atoms with van der Waals surface area (Å²) in [7, 11) is 0. The van der Waals surface area contributed by atoms with E-state index in [0.717, 1.165) is 31.3 Å². The summed E-state index contributed by atoms with van der Waals surface area (Å²) in [5.74, 6) is 7.20. The molecule has 1 saturated heterocycles. The molecule has 0 bridgehead atoms. The number of nitrogen functional groups attached to an aromatic ring is 1. The highest BCUT2D eigenvalue weighted by atomic mass is 16.3. The van der Waals surface area contributed by atoms with Crippen molar-refractivity contribution in [3.05, 3.63) is 23.2 Å². The molecule has 1 aromatic rings. The van der Waals surface area contributed by atoms with E-state index in [1.165, 1.54) is 25.7 Å². The molecule has 1 amide bonds. The van der Waals surface area contributed by atoms with Crippen molar-refractivity contribution in [3.8, 4) is 0 Å². The maximum atomic E-state index is 11.6. The minimum Gasteiger partial charge on any atom is -0.464 e. The molecule has 5 nitrogen and oxygen atoms in total. The molecular formula is C15H25N3O2. The fraction of sp³-hybridized carbons (Fsp3) is 0.667. The van der Waals surface area contributed by atoms with Crippen LogP contribution in [0.3, 0.4) is 0 Å². The second-order valence-electron chi connectivity index (χ2n) is 5.64. The number of carbonyl (C=O) groups excluding carboxylic acids is 1. The lowest BCUT2D eigenvalue weighted by Gasteiger charge is -2.18. The summed E-state index contributed by atoms with van der Waals surface area (Å²) < 4.78 is 5.68. The molecule has 1 atom stereocenters. The summed E-state index contributed by atoms with van der Waals surface area (Å²) in [4.78, 5) is 14.0. The average molecular weight is 279 g/mol. The monoisotopic (exact) mass is 279 g/mol. The van der Waals surface area contributed by atoms with Gasteiger partial charge in [0.05, 0.1) is 12.1 Å². The van der Waals surface area contributed by atoms with Gasteiger partial charge in [-0.25, -0.2) is 5.84 Å². The van der Waals surface area contributed by atoms with Gasteiger partial charge in [-0.15, -0.1) is 0 Å². The second-order valence-corrected chi connectivity index (χ2v) is 5.64. The Kier molecular flexibility index (Phi) is 5.20. The Hall–Kier alpha value is -1.33. The molecule has 1 aliphatic heterocycles. The van der Waals surface area contributed by atoms with Crippen LogP contribution in [0.15, 0.2) is 10.5 Å². The lowest BCUT2D eigenvalue weighted by molar-refractivity contribution is 0.0952. The molecule has 5 heteroatoms. The van der Waals surface area contributed by atoms with Gasteiger partial charge in [-0.3, -0.25) is 15.1 Å². The number of carbonyl (C=O) groups is 1. The average Bonchev–Trinajstić information content (AvgIpc) is 2.67. The number of likely N-dealkylation sites (tertiary alicyclic amines) is 1. The van der Waals surface area contributed by atoms with E-state index >= 15 is 0 Å². The molecule has 112 valence electrons. The van der Waals surface area contributed by atoms with Gasteiger partial charge in [-0.1, -0.05) is 13.3 Å². The number of hydrogen-bond acceptors (Lipinski definition) is 4. The number of hydrogen-bond donors (Lipinski definition) is 2. The van der Waals surface area contributed by atoms with Gasteiger partial charge in [-0.05, 0) is 51.3 Å². The molecule has 3 N–H and O–H groups in total. The summed E-state index contributed by atoms with van der Waals surface area (Å²) in [5.41, 5.74) is 2.68. The largest absolute Gasteiger partial charge is 0.464 e. The molecule has 1 aliphatic rings. The molecule has 1 unspecified atom stereocenters. The topological polar surface area (TPSA) is 71.5 Å². The number of nitrogens with zero attached hydrogens (tertiary/aromatic N) is 1. The first-order valence-electron chi connectivity index (χ1n) is 7.46. The van der Waals surface area contributed by atoms with Gasteiger partial charge in [0.15, 0.2) is 0 Å². The molecule has 0 saturated carbocycles. The number of nitrogens with one attached hydrogen (secondary N) is 1. The lowest BCUT2D eigenvalue weighted by Crippen LogP contribution is -2.30. The van der Waals surface area contributed by atoms with E-state index in [-0.39, 0.29) is 5.91 Å². The quantitative estimate of drug-likeness (QED) is 0.503. The van der Waals surface area contributed by atoms with Gasteiger partial charge >= 0.3 is 0 Å². The first-order chi connectivity index (χ1) is 9.63. The number of nitrogens with two attached hydrogens (primary N) is 1. The fourth-order valence-electron chi connectivity index (χ4n) is 2.94. The predicted molar refractivity (Wildman–Crippen MR) is 78.0 cm³/mol.